The maximum atomic E-state index is 2.35. The highest BCUT2D eigenvalue weighted by Crippen LogP contribution is 2.40. The van der Waals surface area contributed by atoms with Gasteiger partial charge in [-0.25, -0.2) is 0 Å². The summed E-state index contributed by atoms with van der Waals surface area (Å²) in [6.45, 7) is 0. The SMILES string of the molecule is c1ccc(N(c2ccccc2)c2ccc(-c3ccc(-c4ccc(N(c5ccc(-c6ccc(N(c7ccccc7)c7ccccc7)cc6)cc5)c5ccc6ccccc6c5)cc4)cc3)cc2)cc1. The molecule has 0 aliphatic heterocycles. The molecule has 0 aromatic heterocycles. The molecule has 0 N–H and O–H groups in total. The van der Waals surface area contributed by atoms with E-state index in [2.05, 4.69) is 300 Å². The van der Waals surface area contributed by atoms with E-state index >= 15 is 0 Å². The zero-order chi connectivity index (χ0) is 44.8. The van der Waals surface area contributed by atoms with Crippen LogP contribution in [0, 0.1) is 0 Å². The summed E-state index contributed by atoms with van der Waals surface area (Å²) >= 11 is 0. The fourth-order valence-electron chi connectivity index (χ4n) is 9.03. The van der Waals surface area contributed by atoms with Gasteiger partial charge in [0.15, 0.2) is 0 Å². The Labute approximate surface area is 393 Å². The predicted molar refractivity (Wildman–Crippen MR) is 284 cm³/mol. The Bertz CT molecular complexity index is 3260. The molecule has 11 aromatic carbocycles. The van der Waals surface area contributed by atoms with Crippen molar-refractivity contribution in [1.82, 2.24) is 0 Å². The van der Waals surface area contributed by atoms with Gasteiger partial charge in [-0.05, 0) is 153 Å². The first kappa shape index (κ1) is 40.8. The summed E-state index contributed by atoms with van der Waals surface area (Å²) in [6.07, 6.45) is 0. The van der Waals surface area contributed by atoms with Gasteiger partial charge in [-0.1, -0.05) is 176 Å². The van der Waals surface area contributed by atoms with Gasteiger partial charge in [0.05, 0.1) is 0 Å². The molecule has 0 unspecified atom stereocenters. The molecule has 3 nitrogen and oxygen atoms in total. The molecule has 0 fully saturated rings. The van der Waals surface area contributed by atoms with E-state index in [1.54, 1.807) is 0 Å². The van der Waals surface area contributed by atoms with E-state index in [0.29, 0.717) is 0 Å². The molecule has 0 saturated carbocycles. The van der Waals surface area contributed by atoms with Crippen LogP contribution in [0.2, 0.25) is 0 Å². The zero-order valence-corrected chi connectivity index (χ0v) is 37.0. The minimum absolute atomic E-state index is 1.09. The number of rotatable bonds is 12. The van der Waals surface area contributed by atoms with Gasteiger partial charge in [-0.2, -0.15) is 0 Å². The molecular formula is C64H47N3. The van der Waals surface area contributed by atoms with E-state index < -0.39 is 0 Å². The molecule has 11 rings (SSSR count). The highest BCUT2D eigenvalue weighted by Gasteiger charge is 2.16. The van der Waals surface area contributed by atoms with Crippen molar-refractivity contribution in [1.29, 1.82) is 0 Å². The van der Waals surface area contributed by atoms with Gasteiger partial charge in [0.2, 0.25) is 0 Å². The molecule has 0 aliphatic rings. The monoisotopic (exact) mass is 857 g/mol. The van der Waals surface area contributed by atoms with Crippen LogP contribution in [0.4, 0.5) is 51.2 Å². The lowest BCUT2D eigenvalue weighted by Crippen LogP contribution is -2.10. The quantitative estimate of drug-likeness (QED) is 0.121. The summed E-state index contributed by atoms with van der Waals surface area (Å²) in [4.78, 5) is 6.94. The van der Waals surface area contributed by atoms with Crippen molar-refractivity contribution in [3.05, 3.63) is 285 Å². The third-order valence-electron chi connectivity index (χ3n) is 12.4. The van der Waals surface area contributed by atoms with Crippen LogP contribution in [0.3, 0.4) is 0 Å². The van der Waals surface area contributed by atoms with Crippen LogP contribution in [-0.2, 0) is 0 Å². The number of hydrogen-bond donors (Lipinski definition) is 0. The molecule has 0 spiro atoms. The van der Waals surface area contributed by atoms with Crippen LogP contribution in [0.5, 0.6) is 0 Å². The fraction of sp³-hybridized carbons (Fsp3) is 0. The van der Waals surface area contributed by atoms with Crippen molar-refractivity contribution in [2.24, 2.45) is 0 Å². The third kappa shape index (κ3) is 8.70. The van der Waals surface area contributed by atoms with Crippen molar-refractivity contribution in [2.45, 2.75) is 0 Å². The summed E-state index contributed by atoms with van der Waals surface area (Å²) in [5.41, 5.74) is 17.1. The molecule has 11 aromatic rings. The molecule has 0 atom stereocenters. The largest absolute Gasteiger partial charge is 0.311 e. The van der Waals surface area contributed by atoms with E-state index in [-0.39, 0.29) is 0 Å². The van der Waals surface area contributed by atoms with E-state index in [9.17, 15) is 0 Å². The van der Waals surface area contributed by atoms with Crippen LogP contribution in [0.15, 0.2) is 285 Å². The Balaban J connectivity index is 0.853. The minimum atomic E-state index is 1.09. The fourth-order valence-corrected chi connectivity index (χ4v) is 9.03. The van der Waals surface area contributed by atoms with Gasteiger partial charge in [0.1, 0.15) is 0 Å². The van der Waals surface area contributed by atoms with E-state index in [0.717, 1.165) is 56.7 Å². The van der Waals surface area contributed by atoms with Crippen LogP contribution in [0.1, 0.15) is 0 Å². The number of nitrogens with zero attached hydrogens (tertiary/aromatic N) is 3. The Hall–Kier alpha value is -8.92. The predicted octanol–water partition coefficient (Wildman–Crippen LogP) is 18.3. The highest BCUT2D eigenvalue weighted by atomic mass is 15.2. The first-order valence-electron chi connectivity index (χ1n) is 22.8. The molecule has 3 heteroatoms. The number of fused-ring (bicyclic) bond motifs is 1. The van der Waals surface area contributed by atoms with Crippen LogP contribution < -0.4 is 14.7 Å². The Kier molecular flexibility index (Phi) is 11.4. The maximum absolute atomic E-state index is 2.35. The molecule has 0 saturated heterocycles. The molecule has 0 radical (unpaired) electrons. The second-order valence-electron chi connectivity index (χ2n) is 16.6. The standard InChI is InChI=1S/C64H47N3/c1-5-17-56(18-6-1)65(57-19-7-2-8-20-57)60-38-29-51(30-39-60)49-25-27-50(28-26-49)52-33-42-62(43-34-52)67(64-46-37-48-15-13-14-16-55(48)47-64)63-44-35-54(36-45-63)53-31-40-61(41-32-53)66(58-21-9-3-10-22-58)59-23-11-4-12-24-59/h1-47H. The van der Waals surface area contributed by atoms with Gasteiger partial charge < -0.3 is 14.7 Å². The van der Waals surface area contributed by atoms with Crippen LogP contribution in [0.25, 0.3) is 44.2 Å². The average Bonchev–Trinajstić information content (AvgIpc) is 3.41. The summed E-state index contributed by atoms with van der Waals surface area (Å²) < 4.78 is 0. The maximum Gasteiger partial charge on any atom is 0.0468 e. The first-order chi connectivity index (χ1) is 33.2. The van der Waals surface area contributed by atoms with Gasteiger partial charge in [0.25, 0.3) is 0 Å². The van der Waals surface area contributed by atoms with Crippen molar-refractivity contribution in [3.8, 4) is 33.4 Å². The third-order valence-corrected chi connectivity index (χ3v) is 12.4. The minimum Gasteiger partial charge on any atom is -0.311 e. The van der Waals surface area contributed by atoms with Crippen LogP contribution >= 0.6 is 0 Å². The second kappa shape index (κ2) is 18.7. The molecule has 0 amide bonds. The normalized spacial score (nSPS) is 11.0. The van der Waals surface area contributed by atoms with E-state index in [1.165, 1.54) is 38.6 Å². The lowest BCUT2D eigenvalue weighted by atomic mass is 9.99. The Morgan fingerprint density at radius 3 is 0.657 bits per heavy atom. The van der Waals surface area contributed by atoms with Crippen molar-refractivity contribution < 1.29 is 0 Å². The zero-order valence-electron chi connectivity index (χ0n) is 37.0. The highest BCUT2D eigenvalue weighted by molar-refractivity contribution is 5.90. The molecule has 318 valence electrons. The van der Waals surface area contributed by atoms with Crippen molar-refractivity contribution >= 4 is 62.0 Å². The molecule has 0 heterocycles. The van der Waals surface area contributed by atoms with Gasteiger partial charge in [0, 0.05) is 51.2 Å². The molecular weight excluding hydrogens is 811 g/mol. The first-order valence-corrected chi connectivity index (χ1v) is 22.8. The average molecular weight is 858 g/mol. The summed E-state index contributed by atoms with van der Waals surface area (Å²) in [7, 11) is 0. The van der Waals surface area contributed by atoms with Gasteiger partial charge in [-0.3, -0.25) is 0 Å². The lowest BCUT2D eigenvalue weighted by molar-refractivity contribution is 1.28. The summed E-state index contributed by atoms with van der Waals surface area (Å²) in [6, 6.07) is 102. The topological polar surface area (TPSA) is 9.72 Å². The second-order valence-corrected chi connectivity index (χ2v) is 16.6. The van der Waals surface area contributed by atoms with Crippen molar-refractivity contribution in [2.75, 3.05) is 14.7 Å². The number of anilines is 9. The summed E-state index contributed by atoms with van der Waals surface area (Å²) in [5.74, 6) is 0. The van der Waals surface area contributed by atoms with Gasteiger partial charge >= 0.3 is 0 Å². The molecule has 0 aliphatic carbocycles. The Morgan fingerprint density at radius 2 is 0.358 bits per heavy atom. The molecule has 67 heavy (non-hydrogen) atoms. The van der Waals surface area contributed by atoms with Gasteiger partial charge in [-0.15, -0.1) is 0 Å². The number of para-hydroxylation sites is 4. The lowest BCUT2D eigenvalue weighted by Gasteiger charge is -2.26. The van der Waals surface area contributed by atoms with E-state index in [1.807, 2.05) is 0 Å². The summed E-state index contributed by atoms with van der Waals surface area (Å²) in [5, 5.41) is 2.43. The Morgan fingerprint density at radius 1 is 0.149 bits per heavy atom. The smallest absolute Gasteiger partial charge is 0.0468 e. The number of benzene rings is 11. The number of hydrogen-bond acceptors (Lipinski definition) is 3. The molecule has 0 bridgehead atoms. The van der Waals surface area contributed by atoms with Crippen molar-refractivity contribution in [3.63, 3.8) is 0 Å². The van der Waals surface area contributed by atoms with Crippen LogP contribution in [-0.4, -0.2) is 0 Å². The van der Waals surface area contributed by atoms with E-state index in [4.69, 9.17) is 0 Å².